The first-order chi connectivity index (χ1) is 11.8. The molecule has 0 spiro atoms. The lowest BCUT2D eigenvalue weighted by Gasteiger charge is -2.08. The molecule has 0 atom stereocenters. The van der Waals surface area contributed by atoms with E-state index in [1.807, 2.05) is 54.6 Å². The first-order valence-corrected chi connectivity index (χ1v) is 9.14. The van der Waals surface area contributed by atoms with Gasteiger partial charge in [-0.25, -0.2) is 0 Å². The Morgan fingerprint density at radius 2 is 1.92 bits per heavy atom. The van der Waals surface area contributed by atoms with Crippen LogP contribution in [0.4, 0.5) is 0 Å². The summed E-state index contributed by atoms with van der Waals surface area (Å²) >= 11 is 7.72. The molecule has 1 aromatic heterocycles. The lowest BCUT2D eigenvalue weighted by molar-refractivity contribution is 0.344. The molecule has 0 aliphatic rings. The Hall–Kier alpha value is -1.98. The van der Waals surface area contributed by atoms with Gasteiger partial charge >= 0.3 is 0 Å². The van der Waals surface area contributed by atoms with Crippen molar-refractivity contribution in [3.8, 4) is 17.1 Å². The topological polar surface area (TPSA) is 39.9 Å². The average Bonchev–Trinajstić information content (AvgIpc) is 3.02. The van der Waals surface area contributed by atoms with Crippen molar-refractivity contribution in [1.29, 1.82) is 0 Å². The van der Waals surface area contributed by atoms with Gasteiger partial charge in [-0.05, 0) is 31.2 Å². The summed E-state index contributed by atoms with van der Waals surface area (Å²) in [5.74, 6) is 2.53. The zero-order valence-electron chi connectivity index (χ0n) is 13.4. The van der Waals surface area contributed by atoms with E-state index in [1.165, 1.54) is 0 Å². The van der Waals surface area contributed by atoms with Crippen molar-refractivity contribution in [3.63, 3.8) is 0 Å². The van der Waals surface area contributed by atoms with Crippen LogP contribution in [-0.2, 0) is 6.54 Å². The van der Waals surface area contributed by atoms with Crippen LogP contribution in [0, 0.1) is 0 Å². The van der Waals surface area contributed by atoms with Crippen LogP contribution in [0.5, 0.6) is 5.75 Å². The van der Waals surface area contributed by atoms with E-state index in [1.54, 1.807) is 11.8 Å². The second kappa shape index (κ2) is 8.22. The van der Waals surface area contributed by atoms with E-state index in [9.17, 15) is 0 Å². The molecule has 0 N–H and O–H groups in total. The molecule has 0 bridgehead atoms. The molecule has 0 saturated carbocycles. The third-order valence-corrected chi connectivity index (χ3v) is 4.61. The predicted molar refractivity (Wildman–Crippen MR) is 98.8 cm³/mol. The maximum Gasteiger partial charge on any atom is 0.191 e. The van der Waals surface area contributed by atoms with Crippen LogP contribution in [0.15, 0.2) is 59.8 Å². The van der Waals surface area contributed by atoms with Crippen LogP contribution in [0.1, 0.15) is 6.92 Å². The number of aromatic nitrogens is 3. The summed E-state index contributed by atoms with van der Waals surface area (Å²) in [7, 11) is 0. The normalized spacial score (nSPS) is 10.8. The van der Waals surface area contributed by atoms with E-state index in [0.717, 1.165) is 34.6 Å². The minimum atomic E-state index is 0.623. The molecule has 0 fully saturated rings. The van der Waals surface area contributed by atoms with Gasteiger partial charge in [-0.1, -0.05) is 53.7 Å². The fourth-order valence-electron chi connectivity index (χ4n) is 2.33. The second-order valence-corrected chi connectivity index (χ2v) is 6.57. The lowest BCUT2D eigenvalue weighted by atomic mass is 10.2. The van der Waals surface area contributed by atoms with Gasteiger partial charge in [0.2, 0.25) is 0 Å². The summed E-state index contributed by atoms with van der Waals surface area (Å²) in [6.07, 6.45) is 0. The average molecular weight is 360 g/mol. The molecule has 4 nitrogen and oxygen atoms in total. The zero-order valence-corrected chi connectivity index (χ0v) is 14.9. The fourth-order valence-corrected chi connectivity index (χ4v) is 3.34. The molecule has 0 amide bonds. The van der Waals surface area contributed by atoms with Crippen LogP contribution >= 0.6 is 23.4 Å². The minimum Gasteiger partial charge on any atom is -0.493 e. The van der Waals surface area contributed by atoms with Crippen LogP contribution in [-0.4, -0.2) is 27.1 Å². The Morgan fingerprint density at radius 3 is 2.67 bits per heavy atom. The molecule has 124 valence electrons. The highest BCUT2D eigenvalue weighted by Gasteiger charge is 2.13. The number of rotatable bonds is 7. The molecule has 0 aliphatic heterocycles. The van der Waals surface area contributed by atoms with Gasteiger partial charge in [-0.15, -0.1) is 10.2 Å². The number of nitrogens with zero attached hydrogens (tertiary/aromatic N) is 3. The summed E-state index contributed by atoms with van der Waals surface area (Å²) < 4.78 is 7.81. The molecule has 2 aromatic carbocycles. The molecule has 1 heterocycles. The number of benzene rings is 2. The van der Waals surface area contributed by atoms with Gasteiger partial charge in [0, 0.05) is 22.9 Å². The number of halogens is 1. The number of ether oxygens (including phenoxy) is 1. The maximum atomic E-state index is 6.08. The van der Waals surface area contributed by atoms with E-state index < -0.39 is 0 Å². The lowest BCUT2D eigenvalue weighted by Crippen LogP contribution is -2.03. The van der Waals surface area contributed by atoms with Crippen LogP contribution < -0.4 is 4.74 Å². The van der Waals surface area contributed by atoms with Crippen molar-refractivity contribution < 1.29 is 4.74 Å². The molecular weight excluding hydrogens is 342 g/mol. The minimum absolute atomic E-state index is 0.623. The molecule has 0 unspecified atom stereocenters. The second-order valence-electron chi connectivity index (χ2n) is 5.07. The van der Waals surface area contributed by atoms with Crippen molar-refractivity contribution in [1.82, 2.24) is 14.8 Å². The predicted octanol–water partition coefficient (Wildman–Crippen LogP) is 4.79. The highest BCUT2D eigenvalue weighted by atomic mass is 35.5. The fraction of sp³-hybridized carbons (Fsp3) is 0.222. The van der Waals surface area contributed by atoms with Crippen molar-refractivity contribution in [3.05, 3.63) is 59.6 Å². The number of hydrogen-bond donors (Lipinski definition) is 0. The molecule has 0 saturated heterocycles. The van der Waals surface area contributed by atoms with Gasteiger partial charge < -0.3 is 9.30 Å². The van der Waals surface area contributed by atoms with Gasteiger partial charge in [0.1, 0.15) is 5.75 Å². The van der Waals surface area contributed by atoms with Crippen LogP contribution in [0.25, 0.3) is 11.4 Å². The first-order valence-electron chi connectivity index (χ1n) is 7.77. The summed E-state index contributed by atoms with van der Waals surface area (Å²) in [5.41, 5.74) is 0.976. The standard InChI is InChI=1S/C18H18ClN3OS/c1-2-22-17(14-7-6-8-15(19)13-14)20-21-18(22)24-12-11-23-16-9-4-3-5-10-16/h3-10,13H,2,11-12H2,1H3. The van der Waals surface area contributed by atoms with Crippen molar-refractivity contribution >= 4 is 23.4 Å². The summed E-state index contributed by atoms with van der Waals surface area (Å²) in [5, 5.41) is 10.2. The largest absolute Gasteiger partial charge is 0.493 e. The Labute approximate surface area is 150 Å². The van der Waals surface area contributed by atoms with E-state index in [4.69, 9.17) is 16.3 Å². The van der Waals surface area contributed by atoms with E-state index in [0.29, 0.717) is 11.6 Å². The third-order valence-electron chi connectivity index (χ3n) is 3.44. The molecule has 0 radical (unpaired) electrons. The van der Waals surface area contributed by atoms with Crippen molar-refractivity contribution in [2.24, 2.45) is 0 Å². The molecule has 3 rings (SSSR count). The van der Waals surface area contributed by atoms with Gasteiger partial charge in [0.05, 0.1) is 6.61 Å². The quantitative estimate of drug-likeness (QED) is 0.449. The number of hydrogen-bond acceptors (Lipinski definition) is 4. The SMILES string of the molecule is CCn1c(SCCOc2ccccc2)nnc1-c1cccc(Cl)c1. The van der Waals surface area contributed by atoms with E-state index in [-0.39, 0.29) is 0 Å². The van der Waals surface area contributed by atoms with Crippen LogP contribution in [0.3, 0.4) is 0 Å². The number of para-hydroxylation sites is 1. The molecule has 0 aliphatic carbocycles. The van der Waals surface area contributed by atoms with E-state index in [2.05, 4.69) is 21.7 Å². The first kappa shape index (κ1) is 16.9. The summed E-state index contributed by atoms with van der Waals surface area (Å²) in [4.78, 5) is 0. The maximum absolute atomic E-state index is 6.08. The highest BCUT2D eigenvalue weighted by molar-refractivity contribution is 7.99. The Bertz CT molecular complexity index is 792. The molecular formula is C18H18ClN3OS. The number of thioether (sulfide) groups is 1. The highest BCUT2D eigenvalue weighted by Crippen LogP contribution is 2.25. The summed E-state index contributed by atoms with van der Waals surface area (Å²) in [6.45, 7) is 3.51. The molecule has 3 aromatic rings. The van der Waals surface area contributed by atoms with E-state index >= 15 is 0 Å². The van der Waals surface area contributed by atoms with Gasteiger partial charge in [-0.2, -0.15) is 0 Å². The monoisotopic (exact) mass is 359 g/mol. The Balaban J connectivity index is 1.64. The molecule has 6 heteroatoms. The van der Waals surface area contributed by atoms with Crippen molar-refractivity contribution in [2.45, 2.75) is 18.6 Å². The third kappa shape index (κ3) is 4.10. The summed E-state index contributed by atoms with van der Waals surface area (Å²) in [6, 6.07) is 17.5. The van der Waals surface area contributed by atoms with Gasteiger partial charge in [0.25, 0.3) is 0 Å². The molecule has 24 heavy (non-hydrogen) atoms. The Kier molecular flexibility index (Phi) is 5.77. The van der Waals surface area contributed by atoms with Crippen molar-refractivity contribution in [2.75, 3.05) is 12.4 Å². The zero-order chi connectivity index (χ0) is 16.8. The van der Waals surface area contributed by atoms with Gasteiger partial charge in [0.15, 0.2) is 11.0 Å². The van der Waals surface area contributed by atoms with Crippen LogP contribution in [0.2, 0.25) is 5.02 Å². The smallest absolute Gasteiger partial charge is 0.191 e. The van der Waals surface area contributed by atoms with Gasteiger partial charge in [-0.3, -0.25) is 0 Å². The Morgan fingerprint density at radius 1 is 1.08 bits per heavy atom.